The molecule has 0 aliphatic carbocycles. The SMILES string of the molecule is COCc1cc2c(c(C(=O)NC[C@@H]3CCNC[C@H]3O)c1)OCCCO2. The van der Waals surface area contributed by atoms with E-state index in [1.165, 1.54) is 0 Å². The topological polar surface area (TPSA) is 89.1 Å². The summed E-state index contributed by atoms with van der Waals surface area (Å²) >= 11 is 0. The minimum Gasteiger partial charge on any atom is -0.490 e. The molecule has 1 amide bonds. The average Bonchev–Trinajstić information content (AvgIpc) is 2.86. The maximum absolute atomic E-state index is 12.7. The number of methoxy groups -OCH3 is 1. The zero-order chi connectivity index (χ0) is 17.6. The van der Waals surface area contributed by atoms with Gasteiger partial charge < -0.3 is 30.0 Å². The molecule has 3 N–H and O–H groups in total. The molecule has 138 valence electrons. The molecule has 7 nitrogen and oxygen atoms in total. The van der Waals surface area contributed by atoms with E-state index in [0.717, 1.165) is 24.9 Å². The summed E-state index contributed by atoms with van der Waals surface area (Å²) in [7, 11) is 1.61. The normalized spacial score (nSPS) is 23.0. The van der Waals surface area contributed by atoms with Gasteiger partial charge in [0.1, 0.15) is 0 Å². The van der Waals surface area contributed by atoms with E-state index in [1.54, 1.807) is 13.2 Å². The summed E-state index contributed by atoms with van der Waals surface area (Å²) < 4.78 is 16.7. The quantitative estimate of drug-likeness (QED) is 0.724. The number of ether oxygens (including phenoxy) is 3. The lowest BCUT2D eigenvalue weighted by Gasteiger charge is -2.28. The number of β-amino-alcohol motifs (C(OH)–C–C–N with tert-alkyl or cyclic N) is 1. The summed E-state index contributed by atoms with van der Waals surface area (Å²) in [6.45, 7) is 3.33. The highest BCUT2D eigenvalue weighted by atomic mass is 16.5. The van der Waals surface area contributed by atoms with Crippen LogP contribution in [0.4, 0.5) is 0 Å². The van der Waals surface area contributed by atoms with Crippen LogP contribution in [0.15, 0.2) is 12.1 Å². The molecule has 2 aliphatic rings. The van der Waals surface area contributed by atoms with Gasteiger partial charge >= 0.3 is 0 Å². The average molecular weight is 350 g/mol. The molecule has 2 aliphatic heterocycles. The Bertz CT molecular complexity index is 607. The number of rotatable bonds is 5. The second-order valence-electron chi connectivity index (χ2n) is 6.48. The number of benzene rings is 1. The van der Waals surface area contributed by atoms with E-state index < -0.39 is 6.10 Å². The predicted molar refractivity (Wildman–Crippen MR) is 92.1 cm³/mol. The Hall–Kier alpha value is -1.83. The van der Waals surface area contributed by atoms with Crippen LogP contribution in [0.5, 0.6) is 11.5 Å². The summed E-state index contributed by atoms with van der Waals surface area (Å²) in [4.78, 5) is 12.7. The van der Waals surface area contributed by atoms with Gasteiger partial charge in [-0.2, -0.15) is 0 Å². The molecule has 0 radical (unpaired) electrons. The molecule has 3 rings (SSSR count). The summed E-state index contributed by atoms with van der Waals surface area (Å²) in [6, 6.07) is 3.64. The lowest BCUT2D eigenvalue weighted by Crippen LogP contribution is -2.45. The number of aliphatic hydroxyl groups is 1. The molecule has 0 bridgehead atoms. The Balaban J connectivity index is 1.76. The zero-order valence-electron chi connectivity index (χ0n) is 14.5. The number of aliphatic hydroxyl groups excluding tert-OH is 1. The highest BCUT2D eigenvalue weighted by Crippen LogP contribution is 2.35. The first-order chi connectivity index (χ1) is 12.2. The van der Waals surface area contributed by atoms with Crippen LogP contribution in [0.2, 0.25) is 0 Å². The van der Waals surface area contributed by atoms with Crippen LogP contribution in [0.1, 0.15) is 28.8 Å². The number of fused-ring (bicyclic) bond motifs is 1. The summed E-state index contributed by atoms with van der Waals surface area (Å²) in [5.41, 5.74) is 1.31. The number of hydrogen-bond donors (Lipinski definition) is 3. The maximum Gasteiger partial charge on any atom is 0.255 e. The first-order valence-corrected chi connectivity index (χ1v) is 8.77. The molecular weight excluding hydrogens is 324 g/mol. The van der Waals surface area contributed by atoms with E-state index in [4.69, 9.17) is 14.2 Å². The van der Waals surface area contributed by atoms with Crippen molar-refractivity contribution < 1.29 is 24.1 Å². The third kappa shape index (κ3) is 4.42. The maximum atomic E-state index is 12.7. The number of nitrogens with one attached hydrogen (secondary N) is 2. The van der Waals surface area contributed by atoms with Gasteiger partial charge in [0.05, 0.1) is 31.5 Å². The van der Waals surface area contributed by atoms with Crippen LogP contribution in [-0.4, -0.2) is 57.1 Å². The van der Waals surface area contributed by atoms with E-state index in [1.807, 2.05) is 6.07 Å². The zero-order valence-corrected chi connectivity index (χ0v) is 14.5. The summed E-state index contributed by atoms with van der Waals surface area (Å²) in [5.74, 6) is 0.911. The van der Waals surface area contributed by atoms with Gasteiger partial charge in [0, 0.05) is 32.5 Å². The van der Waals surface area contributed by atoms with Gasteiger partial charge in [-0.3, -0.25) is 4.79 Å². The lowest BCUT2D eigenvalue weighted by molar-refractivity contribution is 0.0751. The lowest BCUT2D eigenvalue weighted by atomic mass is 9.95. The van der Waals surface area contributed by atoms with E-state index in [-0.39, 0.29) is 11.8 Å². The number of piperidine rings is 1. The van der Waals surface area contributed by atoms with Crippen LogP contribution in [0, 0.1) is 5.92 Å². The fraction of sp³-hybridized carbons (Fsp3) is 0.611. The van der Waals surface area contributed by atoms with Gasteiger partial charge in [-0.05, 0) is 30.7 Å². The number of carbonyl (C=O) groups excluding carboxylic acids is 1. The van der Waals surface area contributed by atoms with Crippen molar-refractivity contribution >= 4 is 5.91 Å². The summed E-state index contributed by atoms with van der Waals surface area (Å²) in [6.07, 6.45) is 1.17. The van der Waals surface area contributed by atoms with Gasteiger partial charge in [-0.25, -0.2) is 0 Å². The first kappa shape index (κ1) is 18.0. The van der Waals surface area contributed by atoms with Crippen molar-refractivity contribution in [3.05, 3.63) is 23.3 Å². The van der Waals surface area contributed by atoms with Crippen LogP contribution in [-0.2, 0) is 11.3 Å². The molecule has 1 aromatic carbocycles. The molecule has 0 spiro atoms. The second kappa shape index (κ2) is 8.51. The first-order valence-electron chi connectivity index (χ1n) is 8.77. The third-order valence-electron chi connectivity index (χ3n) is 4.58. The monoisotopic (exact) mass is 350 g/mol. The molecule has 2 atom stereocenters. The van der Waals surface area contributed by atoms with Crippen molar-refractivity contribution in [2.75, 3.05) is 40.0 Å². The van der Waals surface area contributed by atoms with Crippen LogP contribution >= 0.6 is 0 Å². The minimum absolute atomic E-state index is 0.0585. The van der Waals surface area contributed by atoms with Crippen molar-refractivity contribution in [3.63, 3.8) is 0 Å². The van der Waals surface area contributed by atoms with Crippen LogP contribution in [0.3, 0.4) is 0 Å². The molecule has 0 saturated carbocycles. The predicted octanol–water partition coefficient (Wildman–Crippen LogP) is 0.695. The fourth-order valence-corrected chi connectivity index (χ4v) is 3.20. The van der Waals surface area contributed by atoms with Crippen molar-refractivity contribution in [1.82, 2.24) is 10.6 Å². The van der Waals surface area contributed by atoms with E-state index in [9.17, 15) is 9.90 Å². The van der Waals surface area contributed by atoms with Gasteiger partial charge in [-0.15, -0.1) is 0 Å². The fourth-order valence-electron chi connectivity index (χ4n) is 3.20. The molecule has 7 heteroatoms. The van der Waals surface area contributed by atoms with Crippen molar-refractivity contribution in [2.24, 2.45) is 5.92 Å². The Labute approximate surface area is 147 Å². The van der Waals surface area contributed by atoms with E-state index in [0.29, 0.717) is 50.0 Å². The molecule has 0 aromatic heterocycles. The second-order valence-corrected chi connectivity index (χ2v) is 6.48. The number of amides is 1. The largest absolute Gasteiger partial charge is 0.490 e. The molecule has 1 saturated heterocycles. The minimum atomic E-state index is -0.439. The van der Waals surface area contributed by atoms with Gasteiger partial charge in [0.15, 0.2) is 11.5 Å². The Kier molecular flexibility index (Phi) is 6.12. The number of carbonyl (C=O) groups is 1. The Morgan fingerprint density at radius 3 is 3.04 bits per heavy atom. The van der Waals surface area contributed by atoms with Gasteiger partial charge in [-0.1, -0.05) is 0 Å². The third-order valence-corrected chi connectivity index (χ3v) is 4.58. The molecule has 1 fully saturated rings. The van der Waals surface area contributed by atoms with Crippen molar-refractivity contribution in [2.45, 2.75) is 25.6 Å². The van der Waals surface area contributed by atoms with Gasteiger partial charge in [0.2, 0.25) is 0 Å². The van der Waals surface area contributed by atoms with E-state index >= 15 is 0 Å². The molecule has 1 aromatic rings. The smallest absolute Gasteiger partial charge is 0.255 e. The van der Waals surface area contributed by atoms with E-state index in [2.05, 4.69) is 10.6 Å². The van der Waals surface area contributed by atoms with Crippen LogP contribution < -0.4 is 20.1 Å². The Morgan fingerprint density at radius 1 is 1.40 bits per heavy atom. The number of hydrogen-bond acceptors (Lipinski definition) is 6. The Morgan fingerprint density at radius 2 is 2.24 bits per heavy atom. The van der Waals surface area contributed by atoms with Crippen LogP contribution in [0.25, 0.3) is 0 Å². The van der Waals surface area contributed by atoms with Crippen molar-refractivity contribution in [1.29, 1.82) is 0 Å². The molecule has 25 heavy (non-hydrogen) atoms. The standard InChI is InChI=1S/C18H26N2O5/c1-23-11-12-7-14(17-16(8-12)24-5-2-6-25-17)18(22)20-9-13-3-4-19-10-15(13)21/h7-8,13,15,19,21H,2-6,9-11H2,1H3,(H,20,22)/t13-,15+/m0/s1. The molecule has 2 heterocycles. The molecule has 0 unspecified atom stereocenters. The molecular formula is C18H26N2O5. The van der Waals surface area contributed by atoms with Crippen molar-refractivity contribution in [3.8, 4) is 11.5 Å². The van der Waals surface area contributed by atoms with Gasteiger partial charge in [0.25, 0.3) is 5.91 Å². The highest BCUT2D eigenvalue weighted by Gasteiger charge is 2.25. The highest BCUT2D eigenvalue weighted by molar-refractivity contribution is 5.98. The summed E-state index contributed by atoms with van der Waals surface area (Å²) in [5, 5.41) is 16.1.